The molecule has 2 heteroatoms. The molecule has 0 aromatic heterocycles. The number of rotatable bonds is 10. The van der Waals surface area contributed by atoms with Crippen molar-refractivity contribution in [3.05, 3.63) is 35.9 Å². The van der Waals surface area contributed by atoms with Crippen molar-refractivity contribution in [2.75, 3.05) is 13.7 Å². The van der Waals surface area contributed by atoms with Crippen LogP contribution in [0.4, 0.5) is 0 Å². The fourth-order valence-electron chi connectivity index (χ4n) is 2.47. The number of methoxy groups -OCH3 is 1. The van der Waals surface area contributed by atoms with Crippen LogP contribution in [-0.2, 0) is 0 Å². The topological polar surface area (TPSA) is 18.5 Å². The van der Waals surface area contributed by atoms with Crippen LogP contribution in [-0.4, -0.2) is 13.7 Å². The van der Waals surface area contributed by atoms with E-state index in [2.05, 4.69) is 51.1 Å². The van der Waals surface area contributed by atoms with Gasteiger partial charge in [0, 0.05) is 0 Å². The summed E-state index contributed by atoms with van der Waals surface area (Å²) in [6, 6.07) is 6.38. The molecule has 1 aromatic carbocycles. The van der Waals surface area contributed by atoms with Crippen molar-refractivity contribution in [3.8, 4) is 11.5 Å². The van der Waals surface area contributed by atoms with Crippen molar-refractivity contribution in [2.45, 2.75) is 58.8 Å². The van der Waals surface area contributed by atoms with Gasteiger partial charge < -0.3 is 9.47 Å². The van der Waals surface area contributed by atoms with Gasteiger partial charge in [0.05, 0.1) is 13.7 Å². The number of allylic oxidation sites excluding steroid dienone is 2. The van der Waals surface area contributed by atoms with Crippen LogP contribution in [0.25, 0.3) is 0 Å². The minimum absolute atomic E-state index is 0.562. The van der Waals surface area contributed by atoms with Crippen LogP contribution in [0.2, 0.25) is 0 Å². The van der Waals surface area contributed by atoms with Gasteiger partial charge in [-0.05, 0) is 49.3 Å². The lowest BCUT2D eigenvalue weighted by molar-refractivity contribution is 0.294. The molecule has 0 spiro atoms. The zero-order chi connectivity index (χ0) is 15.5. The Bertz CT molecular complexity index is 424. The average molecular weight is 290 g/mol. The second kappa shape index (κ2) is 10.3. The molecular weight excluding hydrogens is 260 g/mol. The molecule has 0 aliphatic heterocycles. The molecule has 0 fully saturated rings. The molecule has 1 aromatic rings. The van der Waals surface area contributed by atoms with E-state index in [-0.39, 0.29) is 0 Å². The molecule has 21 heavy (non-hydrogen) atoms. The Kier molecular flexibility index (Phi) is 8.65. The molecule has 2 nitrogen and oxygen atoms in total. The Labute approximate surface area is 130 Å². The third-order valence-electron chi connectivity index (χ3n) is 3.58. The normalized spacial score (nSPS) is 12.6. The van der Waals surface area contributed by atoms with Crippen molar-refractivity contribution in [3.63, 3.8) is 0 Å². The predicted octanol–water partition coefficient (Wildman–Crippen LogP) is 5.72. The minimum atomic E-state index is 0.562. The summed E-state index contributed by atoms with van der Waals surface area (Å²) in [6.45, 7) is 7.26. The molecule has 1 unspecified atom stereocenters. The van der Waals surface area contributed by atoms with Gasteiger partial charge in [-0.3, -0.25) is 0 Å². The maximum Gasteiger partial charge on any atom is 0.161 e. The second-order valence-electron chi connectivity index (χ2n) is 5.36. The summed E-state index contributed by atoms with van der Waals surface area (Å²) in [5.41, 5.74) is 1.35. The highest BCUT2D eigenvalue weighted by Gasteiger charge is 2.13. The lowest BCUT2D eigenvalue weighted by atomic mass is 9.91. The van der Waals surface area contributed by atoms with Crippen LogP contribution in [0.5, 0.6) is 11.5 Å². The summed E-state index contributed by atoms with van der Waals surface area (Å²) in [4.78, 5) is 0. The van der Waals surface area contributed by atoms with Crippen LogP contribution in [0.15, 0.2) is 30.4 Å². The average Bonchev–Trinajstić information content (AvgIpc) is 2.52. The lowest BCUT2D eigenvalue weighted by Crippen LogP contribution is -2.01. The first-order chi connectivity index (χ1) is 10.3. The second-order valence-corrected chi connectivity index (χ2v) is 5.36. The molecule has 0 saturated carbocycles. The van der Waals surface area contributed by atoms with Gasteiger partial charge in [0.1, 0.15) is 0 Å². The van der Waals surface area contributed by atoms with E-state index < -0.39 is 0 Å². The minimum Gasteiger partial charge on any atom is -0.493 e. The molecule has 0 N–H and O–H groups in total. The van der Waals surface area contributed by atoms with Gasteiger partial charge in [-0.1, -0.05) is 45.4 Å². The summed E-state index contributed by atoms with van der Waals surface area (Å²) < 4.78 is 11.2. The Morgan fingerprint density at radius 2 is 1.86 bits per heavy atom. The van der Waals surface area contributed by atoms with Gasteiger partial charge >= 0.3 is 0 Å². The number of hydrogen-bond acceptors (Lipinski definition) is 2. The molecule has 118 valence electrons. The van der Waals surface area contributed by atoms with E-state index in [4.69, 9.17) is 9.47 Å². The molecule has 1 rings (SSSR count). The third kappa shape index (κ3) is 5.82. The quantitative estimate of drug-likeness (QED) is 0.513. The first-order valence-corrected chi connectivity index (χ1v) is 8.22. The zero-order valence-electron chi connectivity index (χ0n) is 14.0. The van der Waals surface area contributed by atoms with Crippen LogP contribution in [0.1, 0.15) is 64.4 Å². The highest BCUT2D eigenvalue weighted by atomic mass is 16.5. The van der Waals surface area contributed by atoms with Crippen molar-refractivity contribution in [1.82, 2.24) is 0 Å². The van der Waals surface area contributed by atoms with Gasteiger partial charge in [-0.15, -0.1) is 0 Å². The van der Waals surface area contributed by atoms with E-state index in [9.17, 15) is 0 Å². The largest absolute Gasteiger partial charge is 0.493 e. The summed E-state index contributed by atoms with van der Waals surface area (Å²) in [5, 5.41) is 0. The fourth-order valence-corrected chi connectivity index (χ4v) is 2.47. The van der Waals surface area contributed by atoms with E-state index >= 15 is 0 Å². The first-order valence-electron chi connectivity index (χ1n) is 8.22. The first kappa shape index (κ1) is 17.6. The monoisotopic (exact) mass is 290 g/mol. The molecule has 0 aliphatic rings. The zero-order valence-corrected chi connectivity index (χ0v) is 14.0. The molecule has 0 saturated heterocycles. The van der Waals surface area contributed by atoms with Gasteiger partial charge in [0.2, 0.25) is 0 Å². The maximum atomic E-state index is 5.73. The molecule has 1 atom stereocenters. The molecule has 0 aliphatic carbocycles. The summed E-state index contributed by atoms with van der Waals surface area (Å²) in [5.74, 6) is 2.26. The van der Waals surface area contributed by atoms with Gasteiger partial charge in [0.25, 0.3) is 0 Å². The SMILES string of the molecule is CC/C=C\CC(CCC)c1ccc(OCCC)c(OC)c1. The Hall–Kier alpha value is -1.44. The number of benzene rings is 1. The van der Waals surface area contributed by atoms with Gasteiger partial charge in [-0.25, -0.2) is 0 Å². The van der Waals surface area contributed by atoms with Gasteiger partial charge in [-0.2, -0.15) is 0 Å². The van der Waals surface area contributed by atoms with E-state index in [0.29, 0.717) is 5.92 Å². The molecule has 0 heterocycles. The summed E-state index contributed by atoms with van der Waals surface area (Å²) >= 11 is 0. The molecule has 0 amide bonds. The van der Waals surface area contributed by atoms with Crippen LogP contribution in [0.3, 0.4) is 0 Å². The Morgan fingerprint density at radius 3 is 2.48 bits per heavy atom. The lowest BCUT2D eigenvalue weighted by Gasteiger charge is -2.17. The van der Waals surface area contributed by atoms with Crippen molar-refractivity contribution in [2.24, 2.45) is 0 Å². The third-order valence-corrected chi connectivity index (χ3v) is 3.58. The summed E-state index contributed by atoms with van der Waals surface area (Å²) in [7, 11) is 1.71. The highest BCUT2D eigenvalue weighted by Crippen LogP contribution is 2.34. The predicted molar refractivity (Wildman–Crippen MR) is 90.5 cm³/mol. The Balaban J connectivity index is 2.89. The summed E-state index contributed by atoms with van der Waals surface area (Å²) in [6.07, 6.45) is 10.2. The highest BCUT2D eigenvalue weighted by molar-refractivity contribution is 5.44. The van der Waals surface area contributed by atoms with Gasteiger partial charge in [0.15, 0.2) is 11.5 Å². The van der Waals surface area contributed by atoms with Crippen molar-refractivity contribution < 1.29 is 9.47 Å². The standard InChI is InChI=1S/C19H30O2/c1-5-8-9-11-16(10-6-2)17-12-13-18(21-14-7-3)19(15-17)20-4/h8-9,12-13,15-16H,5-7,10-11,14H2,1-4H3/b9-8-. The number of hydrogen-bond donors (Lipinski definition) is 0. The van der Waals surface area contributed by atoms with Crippen LogP contribution >= 0.6 is 0 Å². The molecular formula is C19H30O2. The van der Waals surface area contributed by atoms with E-state index in [1.54, 1.807) is 7.11 Å². The van der Waals surface area contributed by atoms with Crippen LogP contribution < -0.4 is 9.47 Å². The van der Waals surface area contributed by atoms with Crippen molar-refractivity contribution >= 4 is 0 Å². The molecule has 0 bridgehead atoms. The van der Waals surface area contributed by atoms with Crippen LogP contribution in [0, 0.1) is 0 Å². The molecule has 0 radical (unpaired) electrons. The van der Waals surface area contributed by atoms with E-state index in [1.807, 2.05) is 0 Å². The smallest absolute Gasteiger partial charge is 0.161 e. The van der Waals surface area contributed by atoms with E-state index in [1.165, 1.54) is 18.4 Å². The maximum absolute atomic E-state index is 5.73. The Morgan fingerprint density at radius 1 is 1.05 bits per heavy atom. The van der Waals surface area contributed by atoms with Crippen molar-refractivity contribution in [1.29, 1.82) is 0 Å². The number of ether oxygens (including phenoxy) is 2. The fraction of sp³-hybridized carbons (Fsp3) is 0.579. The van der Waals surface area contributed by atoms with E-state index in [0.717, 1.165) is 37.4 Å².